The summed E-state index contributed by atoms with van der Waals surface area (Å²) in [5, 5.41) is 7.69. The molecule has 0 bridgehead atoms. The van der Waals surface area contributed by atoms with Crippen LogP contribution in [0.25, 0.3) is 0 Å². The Balaban J connectivity index is 1.66. The first kappa shape index (κ1) is 15.1. The van der Waals surface area contributed by atoms with Crippen molar-refractivity contribution in [3.05, 3.63) is 35.4 Å². The molecule has 0 radical (unpaired) electrons. The lowest BCUT2D eigenvalue weighted by atomic mass is 9.79. The smallest absolute Gasteiger partial charge is 0.0294 e. The molecule has 2 fully saturated rings. The van der Waals surface area contributed by atoms with Crippen LogP contribution >= 0.6 is 0 Å². The van der Waals surface area contributed by atoms with Gasteiger partial charge in [0.2, 0.25) is 0 Å². The average molecular weight is 286 g/mol. The molecular formula is C19H30N2. The molecule has 1 saturated heterocycles. The van der Waals surface area contributed by atoms with Gasteiger partial charge in [0, 0.05) is 18.1 Å². The molecule has 1 aliphatic heterocycles. The Labute approximate surface area is 129 Å². The van der Waals surface area contributed by atoms with E-state index < -0.39 is 0 Å². The minimum Gasteiger partial charge on any atom is -0.314 e. The first-order chi connectivity index (χ1) is 10.2. The SMILES string of the molecule is Cc1cccc([C@H](C)NC2CCCCC2C2CCCN2)c1. The zero-order chi connectivity index (χ0) is 14.7. The van der Waals surface area contributed by atoms with Crippen LogP contribution in [0.15, 0.2) is 24.3 Å². The summed E-state index contributed by atoms with van der Waals surface area (Å²) >= 11 is 0. The van der Waals surface area contributed by atoms with E-state index in [1.807, 2.05) is 0 Å². The predicted molar refractivity (Wildman–Crippen MR) is 89.5 cm³/mol. The van der Waals surface area contributed by atoms with Crippen LogP contribution in [-0.2, 0) is 0 Å². The summed E-state index contributed by atoms with van der Waals surface area (Å²) in [5.41, 5.74) is 2.79. The van der Waals surface area contributed by atoms with Crippen LogP contribution in [0, 0.1) is 12.8 Å². The molecule has 0 aromatic heterocycles. The van der Waals surface area contributed by atoms with Gasteiger partial charge in [0.25, 0.3) is 0 Å². The van der Waals surface area contributed by atoms with Gasteiger partial charge in [0.05, 0.1) is 0 Å². The third-order valence-corrected chi connectivity index (χ3v) is 5.44. The standard InChI is InChI=1S/C19H30N2/c1-14-7-5-8-16(13-14)15(2)21-19-10-4-3-9-17(19)18-11-6-12-20-18/h5,7-8,13,15,17-21H,3-4,6,9-12H2,1-2H3/t15-,17?,18?,19?/m0/s1. The maximum absolute atomic E-state index is 3.95. The normalized spacial score (nSPS) is 31.2. The van der Waals surface area contributed by atoms with E-state index in [2.05, 4.69) is 48.7 Å². The quantitative estimate of drug-likeness (QED) is 0.875. The Morgan fingerprint density at radius 1 is 1.14 bits per heavy atom. The second kappa shape index (κ2) is 6.93. The lowest BCUT2D eigenvalue weighted by molar-refractivity contribution is 0.203. The summed E-state index contributed by atoms with van der Waals surface area (Å²) in [6.07, 6.45) is 8.29. The molecule has 2 heteroatoms. The zero-order valence-corrected chi connectivity index (χ0v) is 13.6. The third-order valence-electron chi connectivity index (χ3n) is 5.44. The van der Waals surface area contributed by atoms with Gasteiger partial charge in [0.15, 0.2) is 0 Å². The van der Waals surface area contributed by atoms with Gasteiger partial charge < -0.3 is 10.6 Å². The van der Waals surface area contributed by atoms with Gasteiger partial charge in [-0.15, -0.1) is 0 Å². The molecule has 21 heavy (non-hydrogen) atoms. The van der Waals surface area contributed by atoms with Crippen LogP contribution in [0.1, 0.15) is 62.6 Å². The lowest BCUT2D eigenvalue weighted by Gasteiger charge is -2.38. The summed E-state index contributed by atoms with van der Waals surface area (Å²) in [5.74, 6) is 0.827. The van der Waals surface area contributed by atoms with Crippen molar-refractivity contribution in [3.63, 3.8) is 0 Å². The fourth-order valence-corrected chi connectivity index (χ4v) is 4.28. The first-order valence-corrected chi connectivity index (χ1v) is 8.80. The Morgan fingerprint density at radius 3 is 2.76 bits per heavy atom. The Morgan fingerprint density at radius 2 is 2.00 bits per heavy atom. The Bertz CT molecular complexity index is 451. The molecule has 3 unspecified atom stereocenters. The minimum atomic E-state index is 0.455. The fourth-order valence-electron chi connectivity index (χ4n) is 4.28. The van der Waals surface area contributed by atoms with Crippen molar-refractivity contribution in [2.75, 3.05) is 6.54 Å². The van der Waals surface area contributed by atoms with Crippen LogP contribution in [0.5, 0.6) is 0 Å². The summed E-state index contributed by atoms with van der Waals surface area (Å²) in [4.78, 5) is 0. The average Bonchev–Trinajstić information content (AvgIpc) is 3.02. The molecule has 1 aromatic carbocycles. The van der Waals surface area contributed by atoms with Crippen molar-refractivity contribution in [3.8, 4) is 0 Å². The van der Waals surface area contributed by atoms with E-state index in [-0.39, 0.29) is 0 Å². The van der Waals surface area contributed by atoms with E-state index in [0.717, 1.165) is 12.0 Å². The van der Waals surface area contributed by atoms with E-state index in [0.29, 0.717) is 12.1 Å². The van der Waals surface area contributed by atoms with Crippen molar-refractivity contribution < 1.29 is 0 Å². The summed E-state index contributed by atoms with van der Waals surface area (Å²) in [7, 11) is 0. The molecule has 1 aromatic rings. The van der Waals surface area contributed by atoms with Crippen LogP contribution < -0.4 is 10.6 Å². The van der Waals surface area contributed by atoms with Crippen molar-refractivity contribution in [1.82, 2.24) is 10.6 Å². The highest BCUT2D eigenvalue weighted by Gasteiger charge is 2.33. The number of hydrogen-bond acceptors (Lipinski definition) is 2. The molecule has 2 N–H and O–H groups in total. The molecule has 1 aliphatic carbocycles. The van der Waals surface area contributed by atoms with Crippen LogP contribution in [0.2, 0.25) is 0 Å². The number of rotatable bonds is 4. The summed E-state index contributed by atoms with van der Waals surface area (Å²) in [6.45, 7) is 5.73. The lowest BCUT2D eigenvalue weighted by Crippen LogP contribution is -2.47. The molecule has 0 amide bonds. The second-order valence-corrected chi connectivity index (χ2v) is 7.06. The highest BCUT2D eigenvalue weighted by molar-refractivity contribution is 5.24. The van der Waals surface area contributed by atoms with Gasteiger partial charge in [-0.1, -0.05) is 42.7 Å². The molecule has 1 heterocycles. The number of aryl methyl sites for hydroxylation is 1. The van der Waals surface area contributed by atoms with E-state index in [9.17, 15) is 0 Å². The minimum absolute atomic E-state index is 0.455. The van der Waals surface area contributed by atoms with Gasteiger partial charge in [-0.25, -0.2) is 0 Å². The van der Waals surface area contributed by atoms with E-state index in [1.165, 1.54) is 56.2 Å². The van der Waals surface area contributed by atoms with Gasteiger partial charge >= 0.3 is 0 Å². The monoisotopic (exact) mass is 286 g/mol. The maximum Gasteiger partial charge on any atom is 0.0294 e. The van der Waals surface area contributed by atoms with Crippen molar-refractivity contribution in [1.29, 1.82) is 0 Å². The topological polar surface area (TPSA) is 24.1 Å². The molecule has 2 nitrogen and oxygen atoms in total. The van der Waals surface area contributed by atoms with Crippen molar-refractivity contribution in [2.45, 2.75) is 70.5 Å². The van der Waals surface area contributed by atoms with Gasteiger partial charge in [-0.2, -0.15) is 0 Å². The zero-order valence-electron chi connectivity index (χ0n) is 13.6. The highest BCUT2D eigenvalue weighted by Crippen LogP contribution is 2.32. The molecule has 0 spiro atoms. The fraction of sp³-hybridized carbons (Fsp3) is 0.684. The van der Waals surface area contributed by atoms with Crippen molar-refractivity contribution in [2.24, 2.45) is 5.92 Å². The number of nitrogens with one attached hydrogen (secondary N) is 2. The molecule has 4 atom stereocenters. The first-order valence-electron chi connectivity index (χ1n) is 8.80. The second-order valence-electron chi connectivity index (χ2n) is 7.06. The Kier molecular flexibility index (Phi) is 4.97. The molecule has 3 rings (SSSR count). The predicted octanol–water partition coefficient (Wildman–Crippen LogP) is 3.96. The van der Waals surface area contributed by atoms with E-state index in [1.54, 1.807) is 0 Å². The van der Waals surface area contributed by atoms with E-state index >= 15 is 0 Å². The highest BCUT2D eigenvalue weighted by atomic mass is 15.0. The maximum atomic E-state index is 3.95. The largest absolute Gasteiger partial charge is 0.314 e. The molecular weight excluding hydrogens is 256 g/mol. The Hall–Kier alpha value is -0.860. The van der Waals surface area contributed by atoms with E-state index in [4.69, 9.17) is 0 Å². The van der Waals surface area contributed by atoms with Crippen molar-refractivity contribution >= 4 is 0 Å². The molecule has 116 valence electrons. The van der Waals surface area contributed by atoms with Crippen LogP contribution in [0.3, 0.4) is 0 Å². The summed E-state index contributed by atoms with van der Waals surface area (Å²) in [6, 6.07) is 10.8. The van der Waals surface area contributed by atoms with Gasteiger partial charge in [-0.05, 0) is 57.6 Å². The van der Waals surface area contributed by atoms with Gasteiger partial charge in [0.1, 0.15) is 0 Å². The van der Waals surface area contributed by atoms with Crippen LogP contribution in [-0.4, -0.2) is 18.6 Å². The van der Waals surface area contributed by atoms with Crippen LogP contribution in [0.4, 0.5) is 0 Å². The number of hydrogen-bond donors (Lipinski definition) is 2. The number of benzene rings is 1. The summed E-state index contributed by atoms with van der Waals surface area (Å²) < 4.78 is 0. The molecule has 2 aliphatic rings. The third kappa shape index (κ3) is 3.67. The van der Waals surface area contributed by atoms with Gasteiger partial charge in [-0.3, -0.25) is 0 Å². The molecule has 1 saturated carbocycles.